The lowest BCUT2D eigenvalue weighted by atomic mass is 9.96. The minimum Gasteiger partial charge on any atom is -0.497 e. The van der Waals surface area contributed by atoms with Gasteiger partial charge in [0.2, 0.25) is 5.91 Å². The Morgan fingerprint density at radius 2 is 1.54 bits per heavy atom. The molecule has 3 nitrogen and oxygen atoms in total. The van der Waals surface area contributed by atoms with Crippen LogP contribution in [0, 0.1) is 5.92 Å². The molecular formula is C21H27NO2. The molecule has 0 bridgehead atoms. The smallest absolute Gasteiger partial charge is 0.227 e. The highest BCUT2D eigenvalue weighted by atomic mass is 16.5. The van der Waals surface area contributed by atoms with Gasteiger partial charge in [0.15, 0.2) is 0 Å². The summed E-state index contributed by atoms with van der Waals surface area (Å²) in [6.45, 7) is 6.89. The molecule has 128 valence electrons. The number of benzene rings is 2. The number of carbonyl (C=O) groups is 1. The molecular weight excluding hydrogens is 298 g/mol. The van der Waals surface area contributed by atoms with Crippen LogP contribution in [-0.2, 0) is 17.8 Å². The molecule has 0 saturated heterocycles. The van der Waals surface area contributed by atoms with E-state index in [0.29, 0.717) is 12.5 Å². The van der Waals surface area contributed by atoms with Gasteiger partial charge >= 0.3 is 0 Å². The normalized spacial score (nSPS) is 12.0. The summed E-state index contributed by atoms with van der Waals surface area (Å²) in [7, 11) is 1.64. The fourth-order valence-corrected chi connectivity index (χ4v) is 2.65. The third-order valence-corrected chi connectivity index (χ3v) is 4.14. The Hall–Kier alpha value is -2.29. The van der Waals surface area contributed by atoms with Crippen LogP contribution in [0.15, 0.2) is 48.5 Å². The van der Waals surface area contributed by atoms with Gasteiger partial charge in [-0.1, -0.05) is 50.2 Å². The van der Waals surface area contributed by atoms with Gasteiger partial charge in [-0.25, -0.2) is 0 Å². The van der Waals surface area contributed by atoms with E-state index in [1.807, 2.05) is 31.2 Å². The van der Waals surface area contributed by atoms with E-state index in [1.165, 1.54) is 5.56 Å². The van der Waals surface area contributed by atoms with E-state index in [2.05, 4.69) is 43.4 Å². The Bertz CT molecular complexity index is 645. The maximum Gasteiger partial charge on any atom is 0.227 e. The topological polar surface area (TPSA) is 38.3 Å². The van der Waals surface area contributed by atoms with Crippen molar-refractivity contribution in [2.24, 2.45) is 5.92 Å². The molecule has 3 heteroatoms. The highest BCUT2D eigenvalue weighted by molar-refractivity contribution is 5.83. The van der Waals surface area contributed by atoms with Gasteiger partial charge in [0.1, 0.15) is 5.75 Å². The lowest BCUT2D eigenvalue weighted by Gasteiger charge is -2.14. The quantitative estimate of drug-likeness (QED) is 0.823. The molecule has 0 unspecified atom stereocenters. The summed E-state index contributed by atoms with van der Waals surface area (Å²) < 4.78 is 5.14. The van der Waals surface area contributed by atoms with Crippen molar-refractivity contribution in [3.63, 3.8) is 0 Å². The zero-order chi connectivity index (χ0) is 17.5. The number of nitrogens with one attached hydrogen (secondary N) is 1. The number of amides is 1. The second kappa shape index (κ2) is 8.53. The third kappa shape index (κ3) is 5.12. The highest BCUT2D eigenvalue weighted by Gasteiger charge is 2.14. The van der Waals surface area contributed by atoms with Crippen LogP contribution in [0.1, 0.15) is 43.4 Å². The molecule has 0 aliphatic heterocycles. The van der Waals surface area contributed by atoms with Gasteiger partial charge < -0.3 is 10.1 Å². The van der Waals surface area contributed by atoms with Crippen molar-refractivity contribution in [2.75, 3.05) is 7.11 Å². The van der Waals surface area contributed by atoms with Crippen molar-refractivity contribution in [2.45, 2.75) is 39.7 Å². The zero-order valence-corrected chi connectivity index (χ0v) is 15.0. The first-order valence-corrected chi connectivity index (χ1v) is 8.49. The molecule has 0 saturated carbocycles. The standard InChI is InChI=1S/C21H27NO2/c1-15(2)13-17-5-9-19(10-6-17)16(3)21(23)22-14-18-7-11-20(24-4)12-8-18/h5-12,15-16H,13-14H2,1-4H3,(H,22,23)/t16-/m1/s1. The van der Waals surface area contributed by atoms with Gasteiger partial charge in [-0.2, -0.15) is 0 Å². The zero-order valence-electron chi connectivity index (χ0n) is 15.0. The minimum absolute atomic E-state index is 0.0439. The average Bonchev–Trinajstić information content (AvgIpc) is 2.59. The SMILES string of the molecule is COc1ccc(CNC(=O)[C@H](C)c2ccc(CC(C)C)cc2)cc1. The summed E-state index contributed by atoms with van der Waals surface area (Å²) in [6, 6.07) is 16.1. The van der Waals surface area contributed by atoms with E-state index >= 15 is 0 Å². The van der Waals surface area contributed by atoms with Crippen molar-refractivity contribution >= 4 is 5.91 Å². The van der Waals surface area contributed by atoms with Gasteiger partial charge in [-0.15, -0.1) is 0 Å². The van der Waals surface area contributed by atoms with Crippen molar-refractivity contribution in [3.8, 4) is 5.75 Å². The molecule has 0 heterocycles. The van der Waals surface area contributed by atoms with Gasteiger partial charge in [0, 0.05) is 6.54 Å². The molecule has 0 aromatic heterocycles. The molecule has 2 aromatic carbocycles. The summed E-state index contributed by atoms with van der Waals surface area (Å²) in [5.41, 5.74) is 3.43. The molecule has 1 N–H and O–H groups in total. The maximum atomic E-state index is 12.4. The van der Waals surface area contributed by atoms with E-state index < -0.39 is 0 Å². The second-order valence-electron chi connectivity index (χ2n) is 6.63. The molecule has 2 aromatic rings. The number of hydrogen-bond acceptors (Lipinski definition) is 2. The van der Waals surface area contributed by atoms with E-state index in [9.17, 15) is 4.79 Å². The molecule has 0 spiro atoms. The number of ether oxygens (including phenoxy) is 1. The number of rotatable bonds is 7. The van der Waals surface area contributed by atoms with Crippen molar-refractivity contribution < 1.29 is 9.53 Å². The molecule has 24 heavy (non-hydrogen) atoms. The monoisotopic (exact) mass is 325 g/mol. The molecule has 1 amide bonds. The minimum atomic E-state index is -0.156. The Morgan fingerprint density at radius 1 is 0.958 bits per heavy atom. The fourth-order valence-electron chi connectivity index (χ4n) is 2.65. The predicted octanol–water partition coefficient (Wildman–Crippen LogP) is 4.31. The molecule has 0 aliphatic rings. The van der Waals surface area contributed by atoms with Crippen LogP contribution < -0.4 is 10.1 Å². The summed E-state index contributed by atoms with van der Waals surface area (Å²) in [4.78, 5) is 12.4. The van der Waals surface area contributed by atoms with Gasteiger partial charge in [-0.05, 0) is 48.1 Å². The summed E-state index contributed by atoms with van der Waals surface area (Å²) in [5.74, 6) is 1.35. The van der Waals surface area contributed by atoms with Crippen LogP contribution in [0.2, 0.25) is 0 Å². The van der Waals surface area contributed by atoms with E-state index in [4.69, 9.17) is 4.74 Å². The van der Waals surface area contributed by atoms with Gasteiger partial charge in [0.25, 0.3) is 0 Å². The van der Waals surface area contributed by atoms with Crippen LogP contribution in [0.4, 0.5) is 0 Å². The lowest BCUT2D eigenvalue weighted by molar-refractivity contribution is -0.122. The van der Waals surface area contributed by atoms with Crippen LogP contribution in [0.25, 0.3) is 0 Å². The van der Waals surface area contributed by atoms with E-state index in [0.717, 1.165) is 23.3 Å². The van der Waals surface area contributed by atoms with E-state index in [1.54, 1.807) is 7.11 Å². The van der Waals surface area contributed by atoms with Crippen molar-refractivity contribution in [3.05, 3.63) is 65.2 Å². The van der Waals surface area contributed by atoms with Crippen molar-refractivity contribution in [1.29, 1.82) is 0 Å². The average molecular weight is 325 g/mol. The fraction of sp³-hybridized carbons (Fsp3) is 0.381. The molecule has 0 radical (unpaired) electrons. The first-order valence-electron chi connectivity index (χ1n) is 8.49. The second-order valence-corrected chi connectivity index (χ2v) is 6.63. The molecule has 2 rings (SSSR count). The Morgan fingerprint density at radius 3 is 2.08 bits per heavy atom. The summed E-state index contributed by atoms with van der Waals surface area (Å²) in [5, 5.41) is 3.00. The van der Waals surface area contributed by atoms with Gasteiger partial charge in [0.05, 0.1) is 13.0 Å². The maximum absolute atomic E-state index is 12.4. The van der Waals surface area contributed by atoms with Gasteiger partial charge in [-0.3, -0.25) is 4.79 Å². The number of carbonyl (C=O) groups excluding carboxylic acids is 1. The highest BCUT2D eigenvalue weighted by Crippen LogP contribution is 2.18. The van der Waals surface area contributed by atoms with Crippen LogP contribution in [-0.4, -0.2) is 13.0 Å². The van der Waals surface area contributed by atoms with Crippen LogP contribution in [0.3, 0.4) is 0 Å². The molecule has 0 fully saturated rings. The lowest BCUT2D eigenvalue weighted by Crippen LogP contribution is -2.27. The summed E-state index contributed by atoms with van der Waals surface area (Å²) >= 11 is 0. The van der Waals surface area contributed by atoms with Crippen LogP contribution >= 0.6 is 0 Å². The Balaban J connectivity index is 1.91. The number of methoxy groups -OCH3 is 1. The van der Waals surface area contributed by atoms with Crippen LogP contribution in [0.5, 0.6) is 5.75 Å². The predicted molar refractivity (Wildman–Crippen MR) is 98.2 cm³/mol. The Labute approximate surface area is 145 Å². The first-order chi connectivity index (χ1) is 11.5. The Kier molecular flexibility index (Phi) is 6.42. The van der Waals surface area contributed by atoms with Crippen molar-refractivity contribution in [1.82, 2.24) is 5.32 Å². The third-order valence-electron chi connectivity index (χ3n) is 4.14. The van der Waals surface area contributed by atoms with E-state index in [-0.39, 0.29) is 11.8 Å². The summed E-state index contributed by atoms with van der Waals surface area (Å²) in [6.07, 6.45) is 1.07. The molecule has 1 atom stereocenters. The molecule has 0 aliphatic carbocycles. The largest absolute Gasteiger partial charge is 0.497 e. The number of hydrogen-bond donors (Lipinski definition) is 1. The first kappa shape index (κ1) is 18.1.